The van der Waals surface area contributed by atoms with E-state index in [0.717, 1.165) is 18.2 Å². The zero-order valence-corrected chi connectivity index (χ0v) is 15.0. The van der Waals surface area contributed by atoms with Crippen molar-refractivity contribution in [3.63, 3.8) is 0 Å². The van der Waals surface area contributed by atoms with Crippen LogP contribution in [0.3, 0.4) is 0 Å². The summed E-state index contributed by atoms with van der Waals surface area (Å²) in [6, 6.07) is 10.4. The molecule has 1 atom stereocenters. The van der Waals surface area contributed by atoms with Crippen LogP contribution in [0, 0.1) is 0 Å². The van der Waals surface area contributed by atoms with Crippen LogP contribution >= 0.6 is 0 Å². The maximum atomic E-state index is 12.7. The highest BCUT2D eigenvalue weighted by Gasteiger charge is 2.30. The summed E-state index contributed by atoms with van der Waals surface area (Å²) >= 11 is 0. The molecular formula is C19H17F3N2O5. The minimum atomic E-state index is -4.52. The number of rotatable bonds is 5. The SMILES string of the molecule is O=C(COc1cccc(C(F)(F)F)c1)NC(=O)NCC1COc2ccccc2O1. The van der Waals surface area contributed by atoms with Crippen LogP contribution in [-0.4, -0.2) is 37.8 Å². The van der Waals surface area contributed by atoms with Crippen LogP contribution in [0.15, 0.2) is 48.5 Å². The number of ether oxygens (including phenoxy) is 3. The lowest BCUT2D eigenvalue weighted by molar-refractivity contribution is -0.137. The number of imide groups is 1. The normalized spacial score (nSPS) is 15.3. The van der Waals surface area contributed by atoms with Crippen molar-refractivity contribution >= 4 is 11.9 Å². The summed E-state index contributed by atoms with van der Waals surface area (Å²) in [6.07, 6.45) is -4.96. The summed E-state index contributed by atoms with van der Waals surface area (Å²) in [5.41, 5.74) is -0.899. The first-order valence-corrected chi connectivity index (χ1v) is 8.57. The molecule has 154 valence electrons. The predicted molar refractivity (Wildman–Crippen MR) is 94.8 cm³/mol. The van der Waals surface area contributed by atoms with E-state index in [1.54, 1.807) is 24.3 Å². The summed E-state index contributed by atoms with van der Waals surface area (Å²) in [5, 5.41) is 4.48. The second-order valence-electron chi connectivity index (χ2n) is 6.07. The van der Waals surface area contributed by atoms with Crippen molar-refractivity contribution in [1.29, 1.82) is 0 Å². The molecule has 1 aliphatic rings. The molecule has 2 aromatic carbocycles. The standard InChI is InChI=1S/C19H17F3N2O5/c20-19(21,22)12-4-3-5-13(8-12)27-11-17(25)24-18(26)23-9-14-10-28-15-6-1-2-7-16(15)29-14/h1-8,14H,9-11H2,(H2,23,24,25,26). The molecule has 1 unspecified atom stereocenters. The number of benzene rings is 2. The van der Waals surface area contributed by atoms with E-state index in [2.05, 4.69) is 5.32 Å². The number of alkyl halides is 3. The van der Waals surface area contributed by atoms with Gasteiger partial charge in [-0.25, -0.2) is 4.79 Å². The van der Waals surface area contributed by atoms with Crippen LogP contribution in [0.4, 0.5) is 18.0 Å². The van der Waals surface area contributed by atoms with E-state index in [4.69, 9.17) is 14.2 Å². The number of fused-ring (bicyclic) bond motifs is 1. The van der Waals surface area contributed by atoms with E-state index in [0.29, 0.717) is 11.5 Å². The Morgan fingerprint density at radius 3 is 2.62 bits per heavy atom. The fourth-order valence-electron chi connectivity index (χ4n) is 2.49. The second-order valence-corrected chi connectivity index (χ2v) is 6.07. The lowest BCUT2D eigenvalue weighted by Gasteiger charge is -2.26. The number of urea groups is 1. The topological polar surface area (TPSA) is 85.9 Å². The maximum Gasteiger partial charge on any atom is 0.416 e. The number of amides is 3. The van der Waals surface area contributed by atoms with Gasteiger partial charge in [0, 0.05) is 0 Å². The first-order chi connectivity index (χ1) is 13.8. The fraction of sp³-hybridized carbons (Fsp3) is 0.263. The van der Waals surface area contributed by atoms with Gasteiger partial charge in [0.2, 0.25) is 0 Å². The number of nitrogens with one attached hydrogen (secondary N) is 2. The fourth-order valence-corrected chi connectivity index (χ4v) is 2.49. The third kappa shape index (κ3) is 5.77. The van der Waals surface area contributed by atoms with Gasteiger partial charge in [-0.3, -0.25) is 10.1 Å². The van der Waals surface area contributed by atoms with Crippen LogP contribution in [0.2, 0.25) is 0 Å². The minimum absolute atomic E-state index is 0.0853. The number of hydrogen-bond donors (Lipinski definition) is 2. The van der Waals surface area contributed by atoms with E-state index in [9.17, 15) is 22.8 Å². The molecule has 0 saturated heterocycles. The third-order valence-corrected chi connectivity index (χ3v) is 3.84. The smallest absolute Gasteiger partial charge is 0.416 e. The molecule has 0 radical (unpaired) electrons. The molecule has 0 fully saturated rings. The highest BCUT2D eigenvalue weighted by Crippen LogP contribution is 2.31. The van der Waals surface area contributed by atoms with Crippen LogP contribution < -0.4 is 24.8 Å². The van der Waals surface area contributed by atoms with Crippen LogP contribution in [0.25, 0.3) is 0 Å². The lowest BCUT2D eigenvalue weighted by Crippen LogP contribution is -2.47. The van der Waals surface area contributed by atoms with Crippen LogP contribution in [0.1, 0.15) is 5.56 Å². The van der Waals surface area contributed by atoms with E-state index in [1.807, 2.05) is 5.32 Å². The summed E-state index contributed by atoms with van der Waals surface area (Å²) < 4.78 is 54.1. The monoisotopic (exact) mass is 410 g/mol. The Kier molecular flexibility index (Phi) is 6.10. The second kappa shape index (κ2) is 8.72. The molecule has 2 N–H and O–H groups in total. The lowest BCUT2D eigenvalue weighted by atomic mass is 10.2. The van der Waals surface area contributed by atoms with Crippen molar-refractivity contribution in [2.24, 2.45) is 0 Å². The first-order valence-electron chi connectivity index (χ1n) is 8.57. The van der Waals surface area contributed by atoms with Gasteiger partial charge in [-0.2, -0.15) is 13.2 Å². The maximum absolute atomic E-state index is 12.7. The molecule has 10 heteroatoms. The molecule has 29 heavy (non-hydrogen) atoms. The number of para-hydroxylation sites is 2. The Hall–Kier alpha value is -3.43. The highest BCUT2D eigenvalue weighted by atomic mass is 19.4. The van der Waals surface area contributed by atoms with Crippen molar-refractivity contribution in [3.05, 3.63) is 54.1 Å². The Balaban J connectivity index is 1.40. The Labute approximate surface area is 163 Å². The van der Waals surface area contributed by atoms with Gasteiger partial charge >= 0.3 is 12.2 Å². The van der Waals surface area contributed by atoms with Crippen molar-refractivity contribution in [1.82, 2.24) is 10.6 Å². The summed E-state index contributed by atoms with van der Waals surface area (Å²) in [6.45, 7) is -0.309. The molecule has 2 aromatic rings. The third-order valence-electron chi connectivity index (χ3n) is 3.84. The first kappa shape index (κ1) is 20.3. The molecular weight excluding hydrogens is 393 g/mol. The van der Waals surface area contributed by atoms with Crippen molar-refractivity contribution in [2.45, 2.75) is 12.3 Å². The van der Waals surface area contributed by atoms with Crippen LogP contribution in [-0.2, 0) is 11.0 Å². The molecule has 3 amide bonds. The average molecular weight is 410 g/mol. The number of carbonyl (C=O) groups is 2. The van der Waals surface area contributed by atoms with Gasteiger partial charge in [-0.1, -0.05) is 18.2 Å². The molecule has 1 aliphatic heterocycles. The van der Waals surface area contributed by atoms with Gasteiger partial charge in [0.15, 0.2) is 24.2 Å². The Bertz CT molecular complexity index is 888. The van der Waals surface area contributed by atoms with E-state index in [1.165, 1.54) is 6.07 Å². The van der Waals surface area contributed by atoms with Crippen molar-refractivity contribution in [3.8, 4) is 17.2 Å². The molecule has 1 heterocycles. The molecule has 3 rings (SSSR count). The molecule has 0 aromatic heterocycles. The highest BCUT2D eigenvalue weighted by molar-refractivity contribution is 5.95. The van der Waals surface area contributed by atoms with Gasteiger partial charge in [0.1, 0.15) is 12.4 Å². The van der Waals surface area contributed by atoms with Gasteiger partial charge in [0.25, 0.3) is 5.91 Å². The molecule has 7 nitrogen and oxygen atoms in total. The Morgan fingerprint density at radius 1 is 1.10 bits per heavy atom. The summed E-state index contributed by atoms with van der Waals surface area (Å²) in [5.74, 6) is 0.208. The molecule has 0 aliphatic carbocycles. The summed E-state index contributed by atoms with van der Waals surface area (Å²) in [7, 11) is 0. The number of hydrogen-bond acceptors (Lipinski definition) is 5. The van der Waals surface area contributed by atoms with Crippen molar-refractivity contribution in [2.75, 3.05) is 19.8 Å². The van der Waals surface area contributed by atoms with Gasteiger partial charge in [0.05, 0.1) is 12.1 Å². The molecule has 0 bridgehead atoms. The largest absolute Gasteiger partial charge is 0.486 e. The van der Waals surface area contributed by atoms with Crippen molar-refractivity contribution < 1.29 is 37.0 Å². The average Bonchev–Trinajstić information content (AvgIpc) is 2.70. The number of halogens is 3. The summed E-state index contributed by atoms with van der Waals surface area (Å²) in [4.78, 5) is 23.5. The Morgan fingerprint density at radius 2 is 1.86 bits per heavy atom. The van der Waals surface area contributed by atoms with Gasteiger partial charge in [-0.05, 0) is 30.3 Å². The van der Waals surface area contributed by atoms with Crippen LogP contribution in [0.5, 0.6) is 17.2 Å². The van der Waals surface area contributed by atoms with E-state index < -0.39 is 36.4 Å². The van der Waals surface area contributed by atoms with E-state index in [-0.39, 0.29) is 18.9 Å². The zero-order chi connectivity index (χ0) is 20.9. The van der Waals surface area contributed by atoms with Gasteiger partial charge in [-0.15, -0.1) is 0 Å². The van der Waals surface area contributed by atoms with E-state index >= 15 is 0 Å². The minimum Gasteiger partial charge on any atom is -0.486 e. The quantitative estimate of drug-likeness (QED) is 0.792. The van der Waals surface area contributed by atoms with Gasteiger partial charge < -0.3 is 19.5 Å². The zero-order valence-electron chi connectivity index (χ0n) is 15.0. The molecule has 0 spiro atoms. The molecule has 0 saturated carbocycles. The predicted octanol–water partition coefficient (Wildman–Crippen LogP) is 2.75. The number of carbonyl (C=O) groups excluding carboxylic acids is 2.